The Morgan fingerprint density at radius 3 is 2.58 bits per heavy atom. The van der Waals surface area contributed by atoms with Gasteiger partial charge in [-0.15, -0.1) is 11.3 Å². The molecule has 6 nitrogen and oxygen atoms in total. The zero-order chi connectivity index (χ0) is 22.0. The molecule has 0 aliphatic heterocycles. The minimum atomic E-state index is -0.0332. The van der Waals surface area contributed by atoms with E-state index in [2.05, 4.69) is 0 Å². The van der Waals surface area contributed by atoms with Crippen LogP contribution in [0.15, 0.2) is 53.3 Å². The Labute approximate surface area is 184 Å². The van der Waals surface area contributed by atoms with Crippen LogP contribution in [0.3, 0.4) is 0 Å². The van der Waals surface area contributed by atoms with Crippen molar-refractivity contribution >= 4 is 22.2 Å². The van der Waals surface area contributed by atoms with Gasteiger partial charge in [-0.25, -0.2) is 4.98 Å². The van der Waals surface area contributed by atoms with Crippen molar-refractivity contribution in [3.05, 3.63) is 64.4 Å². The number of hydrogen-bond acceptors (Lipinski definition) is 6. The van der Waals surface area contributed by atoms with Crippen LogP contribution in [0.4, 0.5) is 0 Å². The predicted molar refractivity (Wildman–Crippen MR) is 126 cm³/mol. The Morgan fingerprint density at radius 1 is 1.03 bits per heavy atom. The monoisotopic (exact) mass is 435 g/mol. The summed E-state index contributed by atoms with van der Waals surface area (Å²) in [6, 6.07) is 15.6. The topological polar surface area (TPSA) is 79.4 Å². The first kappa shape index (κ1) is 21.1. The average molecular weight is 436 g/mol. The van der Waals surface area contributed by atoms with Crippen LogP contribution in [0, 0.1) is 6.92 Å². The molecule has 0 atom stereocenters. The lowest BCUT2D eigenvalue weighted by molar-refractivity contribution is 0.395. The molecule has 0 unspecified atom stereocenters. The highest BCUT2D eigenvalue weighted by Crippen LogP contribution is 2.39. The van der Waals surface area contributed by atoms with E-state index in [4.69, 9.17) is 20.2 Å². The Hall–Kier alpha value is -3.16. The van der Waals surface area contributed by atoms with Crippen molar-refractivity contribution in [1.29, 1.82) is 0 Å². The first-order chi connectivity index (χ1) is 15.0. The van der Waals surface area contributed by atoms with Gasteiger partial charge in [0.05, 0.1) is 30.0 Å². The van der Waals surface area contributed by atoms with Crippen LogP contribution >= 0.6 is 11.3 Å². The molecule has 0 saturated carbocycles. The molecule has 4 rings (SSSR count). The summed E-state index contributed by atoms with van der Waals surface area (Å²) in [4.78, 5) is 20.1. The molecule has 0 aliphatic carbocycles. The van der Waals surface area contributed by atoms with E-state index in [0.29, 0.717) is 36.2 Å². The molecule has 7 heteroatoms. The molecule has 31 heavy (non-hydrogen) atoms. The maximum atomic E-state index is 13.3. The second kappa shape index (κ2) is 8.91. The number of aromatic nitrogens is 2. The summed E-state index contributed by atoms with van der Waals surface area (Å²) in [5.74, 6) is 2.13. The Bertz CT molecular complexity index is 1290. The lowest BCUT2D eigenvalue weighted by Crippen LogP contribution is -2.24. The molecule has 2 aromatic heterocycles. The van der Waals surface area contributed by atoms with Gasteiger partial charge < -0.3 is 15.2 Å². The number of hydrogen-bond donors (Lipinski definition) is 1. The zero-order valence-electron chi connectivity index (χ0n) is 17.8. The molecule has 2 heterocycles. The van der Waals surface area contributed by atoms with Gasteiger partial charge in [0, 0.05) is 23.1 Å². The van der Waals surface area contributed by atoms with E-state index >= 15 is 0 Å². The number of ether oxygens (including phenoxy) is 2. The number of nitrogens with zero attached hydrogens (tertiary/aromatic N) is 2. The number of fused-ring (bicyclic) bond motifs is 1. The third-order valence-corrected chi connectivity index (χ3v) is 6.31. The number of benzene rings is 2. The van der Waals surface area contributed by atoms with E-state index in [1.54, 1.807) is 30.1 Å². The highest BCUT2D eigenvalue weighted by molar-refractivity contribution is 7.18. The highest BCUT2D eigenvalue weighted by atomic mass is 32.1. The third-order valence-electron chi connectivity index (χ3n) is 5.20. The minimum absolute atomic E-state index is 0.0332. The zero-order valence-corrected chi connectivity index (χ0v) is 18.7. The summed E-state index contributed by atoms with van der Waals surface area (Å²) in [6.45, 7) is 3.02. The van der Waals surface area contributed by atoms with E-state index in [9.17, 15) is 4.79 Å². The van der Waals surface area contributed by atoms with Crippen molar-refractivity contribution in [3.63, 3.8) is 0 Å². The fraction of sp³-hybridized carbons (Fsp3) is 0.250. The Kier molecular flexibility index (Phi) is 6.06. The first-order valence-corrected chi connectivity index (χ1v) is 10.9. The van der Waals surface area contributed by atoms with Gasteiger partial charge in [-0.2, -0.15) is 0 Å². The van der Waals surface area contributed by atoms with Crippen molar-refractivity contribution in [3.8, 4) is 32.6 Å². The molecule has 4 aromatic rings. The molecule has 2 aromatic carbocycles. The maximum Gasteiger partial charge on any atom is 0.261 e. The number of rotatable bonds is 7. The minimum Gasteiger partial charge on any atom is -0.497 e. The molecular weight excluding hydrogens is 410 g/mol. The van der Waals surface area contributed by atoms with E-state index < -0.39 is 0 Å². The average Bonchev–Trinajstić information content (AvgIpc) is 3.28. The van der Waals surface area contributed by atoms with Gasteiger partial charge in [0.15, 0.2) is 5.82 Å². The van der Waals surface area contributed by atoms with Gasteiger partial charge >= 0.3 is 0 Å². The molecule has 160 valence electrons. The van der Waals surface area contributed by atoms with Crippen LogP contribution in [0.5, 0.6) is 11.5 Å². The van der Waals surface area contributed by atoms with E-state index in [0.717, 1.165) is 32.4 Å². The summed E-state index contributed by atoms with van der Waals surface area (Å²) in [5, 5.41) is 0.634. The first-order valence-electron chi connectivity index (χ1n) is 10.1. The molecule has 0 bridgehead atoms. The van der Waals surface area contributed by atoms with Crippen LogP contribution in [-0.4, -0.2) is 30.3 Å². The summed E-state index contributed by atoms with van der Waals surface area (Å²) in [6.07, 6.45) is 0.705. The van der Waals surface area contributed by atoms with E-state index in [1.807, 2.05) is 55.5 Å². The molecule has 0 fully saturated rings. The molecule has 2 N–H and O–H groups in total. The van der Waals surface area contributed by atoms with Crippen LogP contribution in [0.2, 0.25) is 0 Å². The van der Waals surface area contributed by atoms with E-state index in [1.165, 1.54) is 0 Å². The van der Waals surface area contributed by atoms with Gasteiger partial charge in [0.25, 0.3) is 5.56 Å². The second-order valence-electron chi connectivity index (χ2n) is 7.29. The number of thiophene rings is 1. The van der Waals surface area contributed by atoms with Crippen molar-refractivity contribution < 1.29 is 9.47 Å². The molecular formula is C24H25N3O3S. The normalized spacial score (nSPS) is 11.1. The lowest BCUT2D eigenvalue weighted by atomic mass is 10.1. The fourth-order valence-corrected chi connectivity index (χ4v) is 4.62. The fourth-order valence-electron chi connectivity index (χ4n) is 3.58. The van der Waals surface area contributed by atoms with Gasteiger partial charge in [0.2, 0.25) is 0 Å². The van der Waals surface area contributed by atoms with Crippen LogP contribution in [0.25, 0.3) is 32.0 Å². The SMILES string of the molecule is COc1ccc(-c2ccc(-c3nc4ccc(C)cc4c(=O)n3CCCN)s2)c(OC)c1. The van der Waals surface area contributed by atoms with Crippen LogP contribution < -0.4 is 20.8 Å². The standard InChI is InChI=1S/C24H25N3O3S/c1-15-5-8-19-18(13-15)24(28)27(12-4-11-25)23(26-19)22-10-9-21(31-22)17-7-6-16(29-2)14-20(17)30-3/h5-10,13-14H,4,11-12,25H2,1-3H3. The summed E-state index contributed by atoms with van der Waals surface area (Å²) < 4.78 is 12.6. The number of methoxy groups -OCH3 is 2. The lowest BCUT2D eigenvalue weighted by Gasteiger charge is -2.12. The predicted octanol–water partition coefficient (Wildman–Crippen LogP) is 4.47. The molecule has 0 spiro atoms. The van der Waals surface area contributed by atoms with Crippen molar-refractivity contribution in [2.75, 3.05) is 20.8 Å². The van der Waals surface area contributed by atoms with Gasteiger partial charge in [-0.05, 0) is 56.3 Å². The number of nitrogens with two attached hydrogens (primary N) is 1. The molecule has 0 saturated heterocycles. The van der Waals surface area contributed by atoms with Crippen LogP contribution in [0.1, 0.15) is 12.0 Å². The maximum absolute atomic E-state index is 13.3. The van der Waals surface area contributed by atoms with E-state index in [-0.39, 0.29) is 5.56 Å². The van der Waals surface area contributed by atoms with Crippen molar-refractivity contribution in [2.45, 2.75) is 19.9 Å². The Balaban J connectivity index is 1.85. The third kappa shape index (κ3) is 4.06. The van der Waals surface area contributed by atoms with Crippen molar-refractivity contribution in [2.24, 2.45) is 5.73 Å². The summed E-state index contributed by atoms with van der Waals surface area (Å²) in [7, 11) is 3.27. The van der Waals surface area contributed by atoms with Crippen molar-refractivity contribution in [1.82, 2.24) is 9.55 Å². The van der Waals surface area contributed by atoms with Gasteiger partial charge in [0.1, 0.15) is 11.5 Å². The largest absolute Gasteiger partial charge is 0.497 e. The second-order valence-corrected chi connectivity index (χ2v) is 8.37. The van der Waals surface area contributed by atoms with Crippen LogP contribution in [-0.2, 0) is 6.54 Å². The smallest absolute Gasteiger partial charge is 0.261 e. The summed E-state index contributed by atoms with van der Waals surface area (Å²) in [5.41, 5.74) is 8.40. The van der Waals surface area contributed by atoms with Gasteiger partial charge in [-0.3, -0.25) is 9.36 Å². The Morgan fingerprint density at radius 2 is 1.84 bits per heavy atom. The number of aryl methyl sites for hydroxylation is 1. The summed E-state index contributed by atoms with van der Waals surface area (Å²) >= 11 is 1.58. The highest BCUT2D eigenvalue weighted by Gasteiger charge is 2.17. The molecule has 0 aliphatic rings. The molecule has 0 amide bonds. The van der Waals surface area contributed by atoms with Gasteiger partial charge in [-0.1, -0.05) is 11.6 Å². The molecule has 0 radical (unpaired) electrons. The quantitative estimate of drug-likeness (QED) is 0.463.